The summed E-state index contributed by atoms with van der Waals surface area (Å²) in [6, 6.07) is 14.5. The van der Waals surface area contributed by atoms with E-state index in [2.05, 4.69) is 43.3 Å². The summed E-state index contributed by atoms with van der Waals surface area (Å²) in [5.41, 5.74) is 4.28. The van der Waals surface area contributed by atoms with Crippen LogP contribution < -0.4 is 4.74 Å². The van der Waals surface area contributed by atoms with Gasteiger partial charge in [0, 0.05) is 0 Å². The Hall–Kier alpha value is -1.78. The molecule has 0 amide bonds. The number of fused-ring (bicyclic) bond motifs is 6. The lowest BCUT2D eigenvalue weighted by Gasteiger charge is -2.38. The van der Waals surface area contributed by atoms with Gasteiger partial charge in [0.25, 0.3) is 0 Å². The second-order valence-electron chi connectivity index (χ2n) is 5.81. The van der Waals surface area contributed by atoms with E-state index in [0.717, 1.165) is 5.75 Å². The third-order valence-electron chi connectivity index (χ3n) is 4.53. The van der Waals surface area contributed by atoms with Gasteiger partial charge in [-0.25, -0.2) is 0 Å². The molecule has 106 valence electrons. The van der Waals surface area contributed by atoms with Crippen molar-refractivity contribution < 1.29 is 14.0 Å². The maximum absolute atomic E-state index is 6.14. The van der Waals surface area contributed by atoms with Crippen LogP contribution >= 0.6 is 0 Å². The van der Waals surface area contributed by atoms with Crippen molar-refractivity contribution in [1.29, 1.82) is 0 Å². The lowest BCUT2D eigenvalue weighted by atomic mass is 9.74. The smallest absolute Gasteiger partial charge is 0.454 e. The molecule has 4 rings (SSSR count). The quantitative estimate of drug-likeness (QED) is 0.744. The number of hydrogen-bond acceptors (Lipinski definition) is 3. The highest BCUT2D eigenvalue weighted by atomic mass is 16.7. The Morgan fingerprint density at radius 2 is 1.95 bits per heavy atom. The molecule has 1 saturated heterocycles. The Labute approximate surface area is 125 Å². The number of hydrogen-bond donors (Lipinski definition) is 0. The lowest BCUT2D eigenvalue weighted by molar-refractivity contribution is 0.0490. The first-order valence-corrected chi connectivity index (χ1v) is 7.24. The maximum Gasteiger partial charge on any atom is 0.454 e. The van der Waals surface area contributed by atoms with Crippen molar-refractivity contribution in [2.24, 2.45) is 0 Å². The predicted octanol–water partition coefficient (Wildman–Crippen LogP) is 3.80. The molecule has 1 fully saturated rings. The van der Waals surface area contributed by atoms with Crippen molar-refractivity contribution in [3.05, 3.63) is 53.6 Å². The first kappa shape index (κ1) is 12.9. The van der Waals surface area contributed by atoms with Crippen molar-refractivity contribution >= 4 is 7.12 Å². The fourth-order valence-corrected chi connectivity index (χ4v) is 3.61. The van der Waals surface area contributed by atoms with Gasteiger partial charge in [-0.2, -0.15) is 0 Å². The molecule has 0 N–H and O–H groups in total. The molecule has 2 aliphatic rings. The van der Waals surface area contributed by atoms with Crippen molar-refractivity contribution in [1.82, 2.24) is 0 Å². The zero-order valence-electron chi connectivity index (χ0n) is 12.4. The summed E-state index contributed by atoms with van der Waals surface area (Å²) in [7, 11) is 1.48. The maximum atomic E-state index is 6.14. The van der Waals surface area contributed by atoms with Crippen LogP contribution in [0.15, 0.2) is 42.5 Å². The monoisotopic (exact) mass is 280 g/mol. The zero-order valence-corrected chi connectivity index (χ0v) is 12.4. The fourth-order valence-electron chi connectivity index (χ4n) is 3.61. The zero-order chi connectivity index (χ0) is 14.6. The highest BCUT2D eigenvalue weighted by molar-refractivity contribution is 6.43. The molecule has 0 unspecified atom stereocenters. The van der Waals surface area contributed by atoms with E-state index < -0.39 is 5.60 Å². The van der Waals surface area contributed by atoms with Gasteiger partial charge < -0.3 is 14.0 Å². The van der Waals surface area contributed by atoms with Crippen LogP contribution in [0.2, 0.25) is 6.82 Å². The molecule has 21 heavy (non-hydrogen) atoms. The topological polar surface area (TPSA) is 27.7 Å². The minimum Gasteiger partial charge on any atom is -0.497 e. The molecule has 2 atom stereocenters. The Balaban J connectivity index is 2.02. The van der Waals surface area contributed by atoms with E-state index in [0.29, 0.717) is 0 Å². The van der Waals surface area contributed by atoms with Gasteiger partial charge in [-0.3, -0.25) is 0 Å². The normalized spacial score (nSPS) is 26.0. The second kappa shape index (κ2) is 4.36. The second-order valence-corrected chi connectivity index (χ2v) is 5.81. The van der Waals surface area contributed by atoms with Crippen molar-refractivity contribution in [2.45, 2.75) is 25.5 Å². The Morgan fingerprint density at radius 3 is 2.76 bits per heavy atom. The van der Waals surface area contributed by atoms with E-state index in [-0.39, 0.29) is 13.2 Å². The number of ether oxygens (including phenoxy) is 1. The van der Waals surface area contributed by atoms with Gasteiger partial charge in [0.05, 0.1) is 7.11 Å². The van der Waals surface area contributed by atoms with Crippen molar-refractivity contribution in [3.8, 4) is 16.9 Å². The SMILES string of the molecule is COc1ccc2c(c1)-c1ccccc1[C@@]1(C)OB(C)O[C@@H]21. The van der Waals surface area contributed by atoms with Gasteiger partial charge in [-0.1, -0.05) is 30.3 Å². The molecule has 4 heteroatoms. The summed E-state index contributed by atoms with van der Waals surface area (Å²) < 4.78 is 17.6. The summed E-state index contributed by atoms with van der Waals surface area (Å²) in [6.45, 7) is 4.07. The van der Waals surface area contributed by atoms with Gasteiger partial charge in [0.2, 0.25) is 0 Å². The molecule has 0 radical (unpaired) electrons. The first-order chi connectivity index (χ1) is 10.1. The van der Waals surface area contributed by atoms with Crippen LogP contribution in [0, 0.1) is 0 Å². The molecule has 0 saturated carbocycles. The van der Waals surface area contributed by atoms with E-state index in [1.165, 1.54) is 22.3 Å². The molecule has 1 heterocycles. The number of benzene rings is 2. The number of methoxy groups -OCH3 is 1. The molecule has 0 spiro atoms. The highest BCUT2D eigenvalue weighted by Crippen LogP contribution is 2.55. The Bertz CT molecular complexity index is 715. The summed E-state index contributed by atoms with van der Waals surface area (Å²) in [4.78, 5) is 0. The average molecular weight is 280 g/mol. The minimum atomic E-state index is -0.433. The van der Waals surface area contributed by atoms with E-state index in [1.807, 2.05) is 12.9 Å². The molecule has 1 aliphatic heterocycles. The van der Waals surface area contributed by atoms with Gasteiger partial charge >= 0.3 is 7.12 Å². The van der Waals surface area contributed by atoms with Crippen LogP contribution in [0.1, 0.15) is 24.2 Å². The summed E-state index contributed by atoms with van der Waals surface area (Å²) in [5, 5.41) is 0. The van der Waals surface area contributed by atoms with Gasteiger partial charge in [0.1, 0.15) is 17.5 Å². The van der Waals surface area contributed by atoms with Gasteiger partial charge in [-0.15, -0.1) is 0 Å². The van der Waals surface area contributed by atoms with Gasteiger partial charge in [-0.05, 0) is 48.1 Å². The summed E-state index contributed by atoms with van der Waals surface area (Å²) >= 11 is 0. The highest BCUT2D eigenvalue weighted by Gasteiger charge is 2.52. The largest absolute Gasteiger partial charge is 0.497 e. The van der Waals surface area contributed by atoms with E-state index in [9.17, 15) is 0 Å². The van der Waals surface area contributed by atoms with E-state index >= 15 is 0 Å². The van der Waals surface area contributed by atoms with Crippen LogP contribution in [0.3, 0.4) is 0 Å². The van der Waals surface area contributed by atoms with Crippen LogP contribution in [-0.4, -0.2) is 14.2 Å². The lowest BCUT2D eigenvalue weighted by Crippen LogP contribution is -2.32. The molecule has 1 aliphatic carbocycles. The van der Waals surface area contributed by atoms with Crippen LogP contribution in [0.4, 0.5) is 0 Å². The third-order valence-corrected chi connectivity index (χ3v) is 4.53. The van der Waals surface area contributed by atoms with Crippen LogP contribution in [0.25, 0.3) is 11.1 Å². The molecular formula is C17H17BO3. The fraction of sp³-hybridized carbons (Fsp3) is 0.294. The summed E-state index contributed by atoms with van der Waals surface area (Å²) in [6.07, 6.45) is -0.0803. The Kier molecular flexibility index (Phi) is 2.68. The average Bonchev–Trinajstić information content (AvgIpc) is 2.83. The van der Waals surface area contributed by atoms with E-state index in [4.69, 9.17) is 14.0 Å². The molecule has 2 aromatic rings. The summed E-state index contributed by atoms with van der Waals surface area (Å²) in [5.74, 6) is 0.860. The van der Waals surface area contributed by atoms with Crippen LogP contribution in [0.5, 0.6) is 5.75 Å². The number of rotatable bonds is 1. The van der Waals surface area contributed by atoms with Crippen molar-refractivity contribution in [2.75, 3.05) is 7.11 Å². The molecule has 0 aromatic heterocycles. The molecule has 2 aromatic carbocycles. The molecule has 0 bridgehead atoms. The minimum absolute atomic E-state index is 0.0803. The van der Waals surface area contributed by atoms with Crippen molar-refractivity contribution in [3.63, 3.8) is 0 Å². The Morgan fingerprint density at radius 1 is 1.14 bits per heavy atom. The van der Waals surface area contributed by atoms with Gasteiger partial charge in [0.15, 0.2) is 0 Å². The van der Waals surface area contributed by atoms with Crippen LogP contribution in [-0.2, 0) is 14.9 Å². The first-order valence-electron chi connectivity index (χ1n) is 7.24. The molecular weight excluding hydrogens is 263 g/mol. The van der Waals surface area contributed by atoms with E-state index in [1.54, 1.807) is 7.11 Å². The predicted molar refractivity (Wildman–Crippen MR) is 82.3 cm³/mol. The molecule has 3 nitrogen and oxygen atoms in total. The standard InChI is InChI=1S/C17H17BO3/c1-17-15-7-5-4-6-12(15)14-10-11(19-3)8-9-13(14)16(17)20-18(2)21-17/h4-10,16H,1-3H3/t16-,17+/m0/s1. The third kappa shape index (κ3) is 1.69.